The van der Waals surface area contributed by atoms with Crippen molar-refractivity contribution < 1.29 is 4.42 Å². The Hall–Kier alpha value is -1.03. The maximum Gasteiger partial charge on any atom is 0.297 e. The predicted octanol–water partition coefficient (Wildman–Crippen LogP) is 2.55. The van der Waals surface area contributed by atoms with Crippen LogP contribution in [-0.4, -0.2) is 23.6 Å². The Morgan fingerprint density at radius 2 is 2.29 bits per heavy atom. The lowest BCUT2D eigenvalue weighted by molar-refractivity contribution is 0.509. The van der Waals surface area contributed by atoms with E-state index in [2.05, 4.69) is 36.0 Å². The van der Waals surface area contributed by atoms with Gasteiger partial charge >= 0.3 is 0 Å². The van der Waals surface area contributed by atoms with E-state index in [4.69, 9.17) is 4.42 Å². The van der Waals surface area contributed by atoms with Gasteiger partial charge in [0.05, 0.1) is 5.69 Å². The molecule has 1 aromatic heterocycles. The van der Waals surface area contributed by atoms with Gasteiger partial charge < -0.3 is 14.6 Å². The van der Waals surface area contributed by atoms with E-state index in [1.165, 1.54) is 12.8 Å². The highest BCUT2D eigenvalue weighted by atomic mass is 16.4. The van der Waals surface area contributed by atoms with Gasteiger partial charge in [-0.1, -0.05) is 6.92 Å². The Morgan fingerprint density at radius 3 is 2.88 bits per heavy atom. The second-order valence-electron chi connectivity index (χ2n) is 5.06. The van der Waals surface area contributed by atoms with Crippen molar-refractivity contribution in [3.8, 4) is 0 Å². The first-order valence-electron chi connectivity index (χ1n) is 6.65. The molecule has 96 valence electrons. The number of nitrogens with zero attached hydrogens (tertiary/aromatic N) is 2. The highest BCUT2D eigenvalue weighted by Gasteiger charge is 2.21. The predicted molar refractivity (Wildman–Crippen MR) is 69.1 cm³/mol. The Morgan fingerprint density at radius 1 is 1.53 bits per heavy atom. The van der Waals surface area contributed by atoms with Crippen molar-refractivity contribution in [2.45, 2.75) is 58.7 Å². The number of aromatic nitrogens is 1. The molecule has 1 aliphatic carbocycles. The first-order chi connectivity index (χ1) is 8.20. The minimum atomic E-state index is 0.429. The van der Waals surface area contributed by atoms with Crippen molar-refractivity contribution in [2.24, 2.45) is 0 Å². The molecular weight excluding hydrogens is 214 g/mol. The summed E-state index contributed by atoms with van der Waals surface area (Å²) in [5, 5.41) is 3.45. The summed E-state index contributed by atoms with van der Waals surface area (Å²) in [7, 11) is 0. The van der Waals surface area contributed by atoms with E-state index >= 15 is 0 Å². The lowest BCUT2D eigenvalue weighted by Gasteiger charge is -2.23. The van der Waals surface area contributed by atoms with Crippen LogP contribution in [0.5, 0.6) is 0 Å². The summed E-state index contributed by atoms with van der Waals surface area (Å²) in [6.07, 6.45) is 5.49. The van der Waals surface area contributed by atoms with Gasteiger partial charge in [-0.05, 0) is 33.1 Å². The van der Waals surface area contributed by atoms with Gasteiger partial charge in [0.15, 0.2) is 0 Å². The molecule has 0 unspecified atom stereocenters. The minimum absolute atomic E-state index is 0.429. The lowest BCUT2D eigenvalue weighted by Crippen LogP contribution is -2.31. The summed E-state index contributed by atoms with van der Waals surface area (Å²) in [5.41, 5.74) is 1.01. The van der Waals surface area contributed by atoms with Gasteiger partial charge in [-0.3, -0.25) is 0 Å². The molecule has 0 aliphatic heterocycles. The van der Waals surface area contributed by atoms with Crippen LogP contribution >= 0.6 is 0 Å². The van der Waals surface area contributed by atoms with Gasteiger partial charge in [-0.15, -0.1) is 0 Å². The monoisotopic (exact) mass is 237 g/mol. The molecule has 0 spiro atoms. The molecule has 1 N–H and O–H groups in total. The van der Waals surface area contributed by atoms with E-state index in [0.29, 0.717) is 12.1 Å². The molecule has 1 fully saturated rings. The van der Waals surface area contributed by atoms with Gasteiger partial charge in [0, 0.05) is 25.2 Å². The fourth-order valence-corrected chi connectivity index (χ4v) is 1.86. The minimum Gasteiger partial charge on any atom is -0.432 e. The number of hydrogen-bond donors (Lipinski definition) is 1. The summed E-state index contributed by atoms with van der Waals surface area (Å²) in [6.45, 7) is 8.33. The first kappa shape index (κ1) is 12.4. The summed E-state index contributed by atoms with van der Waals surface area (Å²) in [4.78, 5) is 6.76. The molecule has 2 rings (SSSR count). The van der Waals surface area contributed by atoms with Crippen LogP contribution in [0.4, 0.5) is 6.01 Å². The fraction of sp³-hybridized carbons (Fsp3) is 0.769. The van der Waals surface area contributed by atoms with E-state index < -0.39 is 0 Å². The highest BCUT2D eigenvalue weighted by molar-refractivity contribution is 5.28. The quantitative estimate of drug-likeness (QED) is 0.791. The smallest absolute Gasteiger partial charge is 0.297 e. The Balaban J connectivity index is 1.93. The van der Waals surface area contributed by atoms with Crippen molar-refractivity contribution in [1.29, 1.82) is 0 Å². The second-order valence-corrected chi connectivity index (χ2v) is 5.06. The number of rotatable bonds is 7. The van der Waals surface area contributed by atoms with E-state index in [0.717, 1.165) is 31.2 Å². The van der Waals surface area contributed by atoms with Gasteiger partial charge in [0.25, 0.3) is 6.01 Å². The van der Waals surface area contributed by atoms with E-state index in [9.17, 15) is 0 Å². The van der Waals surface area contributed by atoms with Crippen LogP contribution in [0.2, 0.25) is 0 Å². The molecule has 1 aromatic rings. The van der Waals surface area contributed by atoms with Crippen molar-refractivity contribution in [3.63, 3.8) is 0 Å². The molecule has 0 bridgehead atoms. The third-order valence-electron chi connectivity index (χ3n) is 3.02. The Bertz CT molecular complexity index is 344. The zero-order valence-corrected chi connectivity index (χ0v) is 11.1. The van der Waals surface area contributed by atoms with Gasteiger partial charge in [0.2, 0.25) is 0 Å². The number of hydrogen-bond acceptors (Lipinski definition) is 4. The van der Waals surface area contributed by atoms with E-state index in [-0.39, 0.29) is 0 Å². The van der Waals surface area contributed by atoms with Crippen LogP contribution in [0, 0.1) is 0 Å². The number of nitrogens with one attached hydrogen (secondary N) is 1. The van der Waals surface area contributed by atoms with Gasteiger partial charge in [-0.25, -0.2) is 0 Å². The van der Waals surface area contributed by atoms with E-state index in [1.807, 2.05) is 0 Å². The summed E-state index contributed by atoms with van der Waals surface area (Å²) >= 11 is 0. The van der Waals surface area contributed by atoms with Crippen molar-refractivity contribution in [2.75, 3.05) is 11.4 Å². The zero-order valence-electron chi connectivity index (χ0n) is 11.1. The third kappa shape index (κ3) is 3.46. The van der Waals surface area contributed by atoms with Crippen LogP contribution in [-0.2, 0) is 6.54 Å². The lowest BCUT2D eigenvalue weighted by atomic mass is 10.3. The van der Waals surface area contributed by atoms with Crippen LogP contribution in [0.1, 0.15) is 45.7 Å². The number of anilines is 1. The third-order valence-corrected chi connectivity index (χ3v) is 3.02. The van der Waals surface area contributed by atoms with Gasteiger partial charge in [0.1, 0.15) is 6.26 Å². The first-order valence-corrected chi connectivity index (χ1v) is 6.65. The molecular formula is C13H23N3O. The molecule has 0 radical (unpaired) electrons. The SMILES string of the molecule is CCCN(c1nc(CNC2CC2)co1)C(C)C. The molecule has 1 heterocycles. The van der Waals surface area contributed by atoms with Crippen LogP contribution in [0.3, 0.4) is 0 Å². The standard InChI is InChI=1S/C13H23N3O/c1-4-7-16(10(2)3)13-15-12(9-17-13)8-14-11-5-6-11/h9-11,14H,4-8H2,1-3H3. The van der Waals surface area contributed by atoms with Crippen molar-refractivity contribution in [1.82, 2.24) is 10.3 Å². The molecule has 0 aromatic carbocycles. The maximum absolute atomic E-state index is 5.57. The molecule has 0 atom stereocenters. The zero-order chi connectivity index (χ0) is 12.3. The summed E-state index contributed by atoms with van der Waals surface area (Å²) < 4.78 is 5.57. The average molecular weight is 237 g/mol. The molecule has 1 saturated carbocycles. The molecule has 0 saturated heterocycles. The molecule has 4 nitrogen and oxygen atoms in total. The molecule has 0 amide bonds. The van der Waals surface area contributed by atoms with Crippen LogP contribution < -0.4 is 10.2 Å². The number of oxazole rings is 1. The van der Waals surface area contributed by atoms with Crippen molar-refractivity contribution >= 4 is 6.01 Å². The van der Waals surface area contributed by atoms with Gasteiger partial charge in [-0.2, -0.15) is 4.98 Å². The maximum atomic E-state index is 5.57. The second kappa shape index (κ2) is 5.54. The van der Waals surface area contributed by atoms with Crippen LogP contribution in [0.15, 0.2) is 10.7 Å². The Kier molecular flexibility index (Phi) is 4.05. The summed E-state index contributed by atoms with van der Waals surface area (Å²) in [5.74, 6) is 0. The molecule has 4 heteroatoms. The molecule has 17 heavy (non-hydrogen) atoms. The largest absolute Gasteiger partial charge is 0.432 e. The normalized spacial score (nSPS) is 15.5. The molecule has 1 aliphatic rings. The topological polar surface area (TPSA) is 41.3 Å². The van der Waals surface area contributed by atoms with E-state index in [1.54, 1.807) is 6.26 Å². The van der Waals surface area contributed by atoms with Crippen molar-refractivity contribution in [3.05, 3.63) is 12.0 Å². The summed E-state index contributed by atoms with van der Waals surface area (Å²) in [6, 6.07) is 1.90. The average Bonchev–Trinajstić information content (AvgIpc) is 3.01. The van der Waals surface area contributed by atoms with Crippen LogP contribution in [0.25, 0.3) is 0 Å². The Labute approximate surface area is 103 Å². The highest BCUT2D eigenvalue weighted by Crippen LogP contribution is 2.20. The fourth-order valence-electron chi connectivity index (χ4n) is 1.86.